The monoisotopic (exact) mass is 159 g/mol. The second kappa shape index (κ2) is 3.11. The van der Waals surface area contributed by atoms with Crippen LogP contribution in [-0.4, -0.2) is 16.7 Å². The largest absolute Gasteiger partial charge is 0.393 e. The molecule has 0 saturated heterocycles. The van der Waals surface area contributed by atoms with E-state index in [4.69, 9.17) is 5.73 Å². The van der Waals surface area contributed by atoms with Crippen molar-refractivity contribution in [2.24, 2.45) is 11.1 Å². The van der Waals surface area contributed by atoms with E-state index in [9.17, 15) is 5.11 Å². The second-order valence-electron chi connectivity index (χ2n) is 4.83. The lowest BCUT2D eigenvalue weighted by molar-refractivity contribution is 0.0458. The molecule has 0 spiro atoms. The molecule has 0 bridgehead atoms. The Balaban J connectivity index is 4.13. The van der Waals surface area contributed by atoms with E-state index in [2.05, 4.69) is 0 Å². The zero-order chi connectivity index (χ0) is 9.28. The minimum absolute atomic E-state index is 0.0851. The third-order valence-corrected chi connectivity index (χ3v) is 2.04. The molecule has 0 aromatic carbocycles. The lowest BCUT2D eigenvalue weighted by atomic mass is 9.77. The maximum atomic E-state index is 9.39. The average Bonchev–Trinajstić information content (AvgIpc) is 1.56. The zero-order valence-corrected chi connectivity index (χ0v) is 8.31. The van der Waals surface area contributed by atoms with E-state index in [-0.39, 0.29) is 17.1 Å². The maximum Gasteiger partial charge on any atom is 0.0563 e. The van der Waals surface area contributed by atoms with E-state index in [1.807, 2.05) is 34.6 Å². The molecule has 0 fully saturated rings. The van der Waals surface area contributed by atoms with E-state index in [0.717, 1.165) is 6.42 Å². The normalized spacial score (nSPS) is 16.6. The molecule has 0 radical (unpaired) electrons. The molecule has 0 aliphatic rings. The molecule has 1 atom stereocenters. The van der Waals surface area contributed by atoms with Crippen LogP contribution < -0.4 is 5.73 Å². The Hall–Kier alpha value is -0.0800. The fourth-order valence-corrected chi connectivity index (χ4v) is 1.32. The highest BCUT2D eigenvalue weighted by molar-refractivity contribution is 4.84. The van der Waals surface area contributed by atoms with Crippen molar-refractivity contribution < 1.29 is 5.11 Å². The number of hydrogen-bond donors (Lipinski definition) is 2. The first-order valence-electron chi connectivity index (χ1n) is 4.12. The van der Waals surface area contributed by atoms with Gasteiger partial charge in [0.2, 0.25) is 0 Å². The fraction of sp³-hybridized carbons (Fsp3) is 1.00. The van der Waals surface area contributed by atoms with Gasteiger partial charge in [0.25, 0.3) is 0 Å². The Morgan fingerprint density at radius 1 is 1.27 bits per heavy atom. The topological polar surface area (TPSA) is 46.2 Å². The van der Waals surface area contributed by atoms with Gasteiger partial charge in [0.05, 0.1) is 6.10 Å². The Kier molecular flexibility index (Phi) is 3.09. The number of aliphatic hydroxyl groups is 1. The molecule has 0 aromatic heterocycles. The minimum Gasteiger partial charge on any atom is -0.393 e. The van der Waals surface area contributed by atoms with E-state index in [0.29, 0.717) is 0 Å². The summed E-state index contributed by atoms with van der Waals surface area (Å²) in [7, 11) is 0. The van der Waals surface area contributed by atoms with Gasteiger partial charge in [0.1, 0.15) is 0 Å². The number of hydrogen-bond acceptors (Lipinski definition) is 2. The number of rotatable bonds is 3. The Labute approximate surface area is 69.8 Å². The van der Waals surface area contributed by atoms with Crippen molar-refractivity contribution in [1.29, 1.82) is 0 Å². The molecule has 0 heterocycles. The van der Waals surface area contributed by atoms with Gasteiger partial charge in [-0.15, -0.1) is 0 Å². The van der Waals surface area contributed by atoms with Crippen molar-refractivity contribution in [2.75, 3.05) is 0 Å². The third-order valence-electron chi connectivity index (χ3n) is 2.04. The molecule has 0 rings (SSSR count). The quantitative estimate of drug-likeness (QED) is 0.656. The van der Waals surface area contributed by atoms with E-state index >= 15 is 0 Å². The summed E-state index contributed by atoms with van der Waals surface area (Å²) < 4.78 is 0. The van der Waals surface area contributed by atoms with Gasteiger partial charge in [-0.2, -0.15) is 0 Å². The maximum absolute atomic E-state index is 9.39. The Bertz CT molecular complexity index is 122. The Morgan fingerprint density at radius 3 is 1.73 bits per heavy atom. The van der Waals surface area contributed by atoms with Crippen LogP contribution in [0.1, 0.15) is 41.0 Å². The molecular weight excluding hydrogens is 138 g/mol. The van der Waals surface area contributed by atoms with Gasteiger partial charge in [-0.05, 0) is 32.6 Å². The predicted octanol–water partition coefficient (Wildman–Crippen LogP) is 1.52. The molecule has 68 valence electrons. The third kappa shape index (κ3) is 4.38. The van der Waals surface area contributed by atoms with Gasteiger partial charge in [-0.25, -0.2) is 0 Å². The molecule has 0 saturated carbocycles. The predicted molar refractivity (Wildman–Crippen MR) is 48.3 cm³/mol. The molecule has 3 N–H and O–H groups in total. The number of aliphatic hydroxyl groups excluding tert-OH is 1. The first-order chi connectivity index (χ1) is 4.65. The molecule has 0 aliphatic carbocycles. The van der Waals surface area contributed by atoms with E-state index in [1.54, 1.807) is 0 Å². The van der Waals surface area contributed by atoms with Crippen LogP contribution >= 0.6 is 0 Å². The summed E-state index contributed by atoms with van der Waals surface area (Å²) in [6.45, 7) is 9.85. The van der Waals surface area contributed by atoms with Crippen molar-refractivity contribution in [3.8, 4) is 0 Å². The average molecular weight is 159 g/mol. The van der Waals surface area contributed by atoms with E-state index < -0.39 is 0 Å². The summed E-state index contributed by atoms with van der Waals surface area (Å²) in [4.78, 5) is 0. The van der Waals surface area contributed by atoms with Crippen LogP contribution in [0.25, 0.3) is 0 Å². The van der Waals surface area contributed by atoms with Gasteiger partial charge >= 0.3 is 0 Å². The summed E-state index contributed by atoms with van der Waals surface area (Å²) in [5.74, 6) is 0. The second-order valence-corrected chi connectivity index (χ2v) is 4.83. The van der Waals surface area contributed by atoms with Crippen LogP contribution in [0.5, 0.6) is 0 Å². The highest BCUT2D eigenvalue weighted by atomic mass is 16.3. The molecule has 0 unspecified atom stereocenters. The van der Waals surface area contributed by atoms with Gasteiger partial charge < -0.3 is 10.8 Å². The zero-order valence-electron chi connectivity index (χ0n) is 8.31. The lowest BCUT2D eigenvalue weighted by Crippen LogP contribution is -2.41. The summed E-state index contributed by atoms with van der Waals surface area (Å²) in [5, 5.41) is 9.39. The fourth-order valence-electron chi connectivity index (χ4n) is 1.32. The van der Waals surface area contributed by atoms with Crippen molar-refractivity contribution >= 4 is 0 Å². The summed E-state index contributed by atoms with van der Waals surface area (Å²) in [6, 6.07) is 0. The molecule has 0 aromatic rings. The van der Waals surface area contributed by atoms with Gasteiger partial charge in [-0.3, -0.25) is 0 Å². The minimum atomic E-state index is -0.301. The van der Waals surface area contributed by atoms with Gasteiger partial charge in [0.15, 0.2) is 0 Å². The highest BCUT2D eigenvalue weighted by Crippen LogP contribution is 2.29. The number of nitrogens with two attached hydrogens (primary N) is 1. The smallest absolute Gasteiger partial charge is 0.0563 e. The van der Waals surface area contributed by atoms with Crippen LogP contribution in [-0.2, 0) is 0 Å². The van der Waals surface area contributed by atoms with Crippen molar-refractivity contribution in [2.45, 2.75) is 52.7 Å². The van der Waals surface area contributed by atoms with Crippen molar-refractivity contribution in [1.82, 2.24) is 0 Å². The van der Waals surface area contributed by atoms with Crippen LogP contribution in [0.2, 0.25) is 0 Å². The van der Waals surface area contributed by atoms with Crippen molar-refractivity contribution in [3.05, 3.63) is 0 Å². The SMILES string of the molecule is C[C@H](O)C(C)(C)CC(C)(C)N. The first kappa shape index (κ1) is 10.9. The summed E-state index contributed by atoms with van der Waals surface area (Å²) in [5.41, 5.74) is 5.57. The van der Waals surface area contributed by atoms with Crippen LogP contribution in [0, 0.1) is 5.41 Å². The molecule has 2 heteroatoms. The highest BCUT2D eigenvalue weighted by Gasteiger charge is 2.29. The van der Waals surface area contributed by atoms with Crippen LogP contribution in [0.4, 0.5) is 0 Å². The lowest BCUT2D eigenvalue weighted by Gasteiger charge is -2.34. The molecule has 0 amide bonds. The molecule has 2 nitrogen and oxygen atoms in total. The first-order valence-corrected chi connectivity index (χ1v) is 4.12. The van der Waals surface area contributed by atoms with Crippen LogP contribution in [0.3, 0.4) is 0 Å². The molecular formula is C9H21NO. The van der Waals surface area contributed by atoms with Crippen molar-refractivity contribution in [3.63, 3.8) is 0 Å². The molecule has 11 heavy (non-hydrogen) atoms. The van der Waals surface area contributed by atoms with E-state index in [1.165, 1.54) is 0 Å². The summed E-state index contributed by atoms with van der Waals surface area (Å²) in [6.07, 6.45) is 0.530. The van der Waals surface area contributed by atoms with Gasteiger partial charge in [0, 0.05) is 5.54 Å². The molecule has 0 aliphatic heterocycles. The summed E-state index contributed by atoms with van der Waals surface area (Å²) >= 11 is 0. The van der Waals surface area contributed by atoms with Crippen LogP contribution in [0.15, 0.2) is 0 Å². The Morgan fingerprint density at radius 2 is 1.64 bits per heavy atom. The standard InChI is InChI=1S/C9H21NO/c1-7(11)8(2,3)6-9(4,5)10/h7,11H,6,10H2,1-5H3/t7-/m0/s1. The van der Waals surface area contributed by atoms with Gasteiger partial charge in [-0.1, -0.05) is 13.8 Å².